The highest BCUT2D eigenvalue weighted by atomic mass is 127. The van der Waals surface area contributed by atoms with Gasteiger partial charge in [0.05, 0.1) is 14.2 Å². The first kappa shape index (κ1) is 24.1. The predicted molar refractivity (Wildman–Crippen MR) is 130 cm³/mol. The zero-order valence-electron chi connectivity index (χ0n) is 18.3. The van der Waals surface area contributed by atoms with Gasteiger partial charge in [-0.05, 0) is 54.4 Å². The summed E-state index contributed by atoms with van der Waals surface area (Å²) in [6, 6.07) is 4.25. The van der Waals surface area contributed by atoms with Crippen LogP contribution in [0.15, 0.2) is 17.1 Å². The number of hydrogen-bond acceptors (Lipinski definition) is 4. The molecular weight excluding hydrogens is 479 g/mol. The molecule has 2 N–H and O–H groups in total. The molecule has 0 atom stereocenters. The van der Waals surface area contributed by atoms with E-state index in [1.54, 1.807) is 14.2 Å². The van der Waals surface area contributed by atoms with Gasteiger partial charge in [-0.15, -0.1) is 24.0 Å². The second-order valence-corrected chi connectivity index (χ2v) is 8.06. The minimum atomic E-state index is 0. The lowest BCUT2D eigenvalue weighted by molar-refractivity contribution is 0.131. The van der Waals surface area contributed by atoms with Crippen LogP contribution < -0.4 is 20.1 Å². The summed E-state index contributed by atoms with van der Waals surface area (Å²) in [5.74, 6) is 2.55. The Kier molecular flexibility index (Phi) is 9.33. The predicted octanol–water partition coefficient (Wildman–Crippen LogP) is 3.43. The SMILES string of the molecule is CCC1(CNC(=NC)NCCN2CCc3cc(OC)c(OC)cc3C2)CCC1.I. The summed E-state index contributed by atoms with van der Waals surface area (Å²) in [7, 11) is 5.24. The molecule has 0 amide bonds. The second kappa shape index (κ2) is 11.2. The van der Waals surface area contributed by atoms with Gasteiger partial charge >= 0.3 is 0 Å². The van der Waals surface area contributed by atoms with Gasteiger partial charge in [0.1, 0.15) is 0 Å². The number of nitrogens with zero attached hydrogens (tertiary/aromatic N) is 2. The van der Waals surface area contributed by atoms with Crippen LogP contribution in [0, 0.1) is 5.41 Å². The molecule has 7 heteroatoms. The third-order valence-corrected chi connectivity index (χ3v) is 6.54. The lowest BCUT2D eigenvalue weighted by Crippen LogP contribution is -2.47. The van der Waals surface area contributed by atoms with Crippen molar-refractivity contribution in [2.24, 2.45) is 10.4 Å². The largest absolute Gasteiger partial charge is 0.493 e. The number of nitrogens with one attached hydrogen (secondary N) is 2. The molecular formula is C22H37IN4O2. The minimum Gasteiger partial charge on any atom is -0.493 e. The van der Waals surface area contributed by atoms with Gasteiger partial charge in [0, 0.05) is 39.8 Å². The van der Waals surface area contributed by atoms with E-state index >= 15 is 0 Å². The van der Waals surface area contributed by atoms with Crippen molar-refractivity contribution in [3.05, 3.63) is 23.3 Å². The van der Waals surface area contributed by atoms with Gasteiger partial charge in [-0.25, -0.2) is 0 Å². The van der Waals surface area contributed by atoms with E-state index in [0.717, 1.165) is 56.6 Å². The molecule has 0 bridgehead atoms. The highest BCUT2D eigenvalue weighted by Gasteiger charge is 2.34. The zero-order chi connectivity index (χ0) is 20.0. The fourth-order valence-electron chi connectivity index (χ4n) is 4.29. The van der Waals surface area contributed by atoms with Crippen LogP contribution in [0.1, 0.15) is 43.7 Å². The number of halogens is 1. The third kappa shape index (κ3) is 5.90. The van der Waals surface area contributed by atoms with Crippen molar-refractivity contribution in [1.82, 2.24) is 15.5 Å². The summed E-state index contributed by atoms with van der Waals surface area (Å²) in [5.41, 5.74) is 3.19. The van der Waals surface area contributed by atoms with Crippen molar-refractivity contribution < 1.29 is 9.47 Å². The highest BCUT2D eigenvalue weighted by molar-refractivity contribution is 14.0. The van der Waals surface area contributed by atoms with Crippen LogP contribution in [0.4, 0.5) is 0 Å². The maximum absolute atomic E-state index is 5.46. The average Bonchev–Trinajstić information content (AvgIpc) is 2.70. The van der Waals surface area contributed by atoms with E-state index < -0.39 is 0 Å². The first-order valence-corrected chi connectivity index (χ1v) is 10.5. The Morgan fingerprint density at radius 1 is 1.14 bits per heavy atom. The molecule has 0 saturated heterocycles. The summed E-state index contributed by atoms with van der Waals surface area (Å²) in [6.45, 7) is 7.23. The Bertz CT molecular complexity index is 686. The summed E-state index contributed by atoms with van der Waals surface area (Å²) in [6.07, 6.45) is 6.35. The van der Waals surface area contributed by atoms with Crippen molar-refractivity contribution in [2.75, 3.05) is 47.4 Å². The van der Waals surface area contributed by atoms with Crippen molar-refractivity contribution in [3.63, 3.8) is 0 Å². The number of benzene rings is 1. The Balaban J connectivity index is 0.00000300. The van der Waals surface area contributed by atoms with E-state index in [4.69, 9.17) is 9.47 Å². The first-order chi connectivity index (χ1) is 13.6. The van der Waals surface area contributed by atoms with Gasteiger partial charge in [0.2, 0.25) is 0 Å². The maximum Gasteiger partial charge on any atom is 0.191 e. The number of hydrogen-bond donors (Lipinski definition) is 2. The number of ether oxygens (including phenoxy) is 2. The van der Waals surface area contributed by atoms with E-state index in [1.807, 2.05) is 7.05 Å². The molecule has 1 heterocycles. The smallest absolute Gasteiger partial charge is 0.191 e. The summed E-state index contributed by atoms with van der Waals surface area (Å²) in [5, 5.41) is 7.01. The molecule has 1 aromatic rings. The summed E-state index contributed by atoms with van der Waals surface area (Å²) < 4.78 is 10.9. The van der Waals surface area contributed by atoms with Crippen LogP contribution in [-0.4, -0.2) is 58.3 Å². The van der Waals surface area contributed by atoms with Crippen LogP contribution >= 0.6 is 24.0 Å². The van der Waals surface area contributed by atoms with E-state index in [1.165, 1.54) is 36.8 Å². The van der Waals surface area contributed by atoms with Gasteiger partial charge in [-0.3, -0.25) is 9.89 Å². The first-order valence-electron chi connectivity index (χ1n) is 10.5. The molecule has 0 unspecified atom stereocenters. The molecule has 3 rings (SSSR count). The molecule has 1 aliphatic heterocycles. The monoisotopic (exact) mass is 516 g/mol. The van der Waals surface area contributed by atoms with Gasteiger partial charge in [-0.2, -0.15) is 0 Å². The molecule has 1 aliphatic carbocycles. The van der Waals surface area contributed by atoms with E-state index in [-0.39, 0.29) is 24.0 Å². The number of aliphatic imine (C=N–C) groups is 1. The molecule has 1 aromatic carbocycles. The van der Waals surface area contributed by atoms with Crippen molar-refractivity contribution >= 4 is 29.9 Å². The summed E-state index contributed by atoms with van der Waals surface area (Å²) in [4.78, 5) is 6.87. The van der Waals surface area contributed by atoms with Gasteiger partial charge in [0.25, 0.3) is 0 Å². The molecule has 2 aliphatic rings. The Hall–Kier alpha value is -1.22. The number of rotatable bonds is 8. The van der Waals surface area contributed by atoms with Gasteiger partial charge < -0.3 is 20.1 Å². The van der Waals surface area contributed by atoms with E-state index in [2.05, 4.69) is 39.6 Å². The molecule has 0 spiro atoms. The molecule has 1 fully saturated rings. The highest BCUT2D eigenvalue weighted by Crippen LogP contribution is 2.43. The van der Waals surface area contributed by atoms with E-state index in [0.29, 0.717) is 5.41 Å². The molecule has 29 heavy (non-hydrogen) atoms. The Morgan fingerprint density at radius 3 is 2.38 bits per heavy atom. The molecule has 0 aromatic heterocycles. The van der Waals surface area contributed by atoms with Crippen LogP contribution in [0.2, 0.25) is 0 Å². The van der Waals surface area contributed by atoms with Gasteiger partial charge in [-0.1, -0.05) is 13.3 Å². The quantitative estimate of drug-likeness (QED) is 0.315. The normalized spacial score (nSPS) is 18.1. The van der Waals surface area contributed by atoms with Gasteiger partial charge in [0.15, 0.2) is 17.5 Å². The van der Waals surface area contributed by atoms with Crippen molar-refractivity contribution in [2.45, 2.75) is 45.6 Å². The minimum absolute atomic E-state index is 0. The molecule has 1 saturated carbocycles. The maximum atomic E-state index is 5.46. The lowest BCUT2D eigenvalue weighted by Gasteiger charge is -2.41. The van der Waals surface area contributed by atoms with Crippen LogP contribution in [-0.2, 0) is 13.0 Å². The fraction of sp³-hybridized carbons (Fsp3) is 0.682. The zero-order valence-corrected chi connectivity index (χ0v) is 20.7. The molecule has 0 radical (unpaired) electrons. The van der Waals surface area contributed by atoms with Crippen LogP contribution in [0.5, 0.6) is 11.5 Å². The Labute approximate surface area is 192 Å². The van der Waals surface area contributed by atoms with Crippen molar-refractivity contribution in [1.29, 1.82) is 0 Å². The summed E-state index contributed by atoms with van der Waals surface area (Å²) >= 11 is 0. The third-order valence-electron chi connectivity index (χ3n) is 6.54. The standard InChI is InChI=1S/C22H36N4O2.HI/c1-5-22(8-6-9-22)16-25-21(23-2)24-10-12-26-11-7-17-13-19(27-3)20(28-4)14-18(17)15-26;/h13-14H,5-12,15-16H2,1-4H3,(H2,23,24,25);1H. The molecule has 164 valence electrons. The Morgan fingerprint density at radius 2 is 1.83 bits per heavy atom. The van der Waals surface area contributed by atoms with Crippen molar-refractivity contribution in [3.8, 4) is 11.5 Å². The number of fused-ring (bicyclic) bond motifs is 1. The lowest BCUT2D eigenvalue weighted by atomic mass is 9.67. The fourth-order valence-corrected chi connectivity index (χ4v) is 4.29. The number of guanidine groups is 1. The topological polar surface area (TPSA) is 58.1 Å². The van der Waals surface area contributed by atoms with Crippen LogP contribution in [0.3, 0.4) is 0 Å². The molecule has 6 nitrogen and oxygen atoms in total. The van der Waals surface area contributed by atoms with E-state index in [9.17, 15) is 0 Å². The van der Waals surface area contributed by atoms with Crippen LogP contribution in [0.25, 0.3) is 0 Å². The average molecular weight is 516 g/mol. The second-order valence-electron chi connectivity index (χ2n) is 8.06. The number of methoxy groups -OCH3 is 2.